The van der Waals surface area contributed by atoms with Gasteiger partial charge in [-0.3, -0.25) is 9.69 Å². The minimum absolute atomic E-state index is 0.192. The predicted molar refractivity (Wildman–Crippen MR) is 106 cm³/mol. The second kappa shape index (κ2) is 8.82. The number of urea groups is 1. The molecule has 0 aromatic heterocycles. The molecule has 1 aromatic carbocycles. The SMILES string of the molecule is CCN(CC)C(=O)N1C(=O)C(O[Si](CC)(CC)CC)C1c1ccccc1. The Hall–Kier alpha value is -1.66. The molecular formula is C20H32N2O3Si. The highest BCUT2D eigenvalue weighted by atomic mass is 28.4. The standard InChI is InChI=1S/C20H32N2O3Si/c1-6-21(7-2)20(24)22-17(16-14-12-11-13-15-16)18(19(22)23)25-26(8-3,9-4)10-5/h11-15,17-18H,6-10H2,1-5H3. The zero-order chi connectivity index (χ0) is 19.3. The highest BCUT2D eigenvalue weighted by Gasteiger charge is 2.55. The summed E-state index contributed by atoms with van der Waals surface area (Å²) in [5, 5.41) is 0. The molecule has 1 heterocycles. The number of hydrogen-bond donors (Lipinski definition) is 0. The average Bonchev–Trinajstić information content (AvgIpc) is 2.68. The third-order valence-corrected chi connectivity index (χ3v) is 10.4. The molecule has 0 radical (unpaired) electrons. The van der Waals surface area contributed by atoms with Crippen LogP contribution in [0.2, 0.25) is 18.1 Å². The Morgan fingerprint density at radius 3 is 2.04 bits per heavy atom. The van der Waals surface area contributed by atoms with Crippen molar-refractivity contribution in [1.82, 2.24) is 9.80 Å². The van der Waals surface area contributed by atoms with E-state index in [4.69, 9.17) is 4.43 Å². The van der Waals surface area contributed by atoms with Crippen molar-refractivity contribution in [1.29, 1.82) is 0 Å². The van der Waals surface area contributed by atoms with Gasteiger partial charge in [0, 0.05) is 13.1 Å². The fourth-order valence-electron chi connectivity index (χ4n) is 3.68. The smallest absolute Gasteiger partial charge is 0.327 e. The van der Waals surface area contributed by atoms with Crippen molar-refractivity contribution in [2.75, 3.05) is 13.1 Å². The van der Waals surface area contributed by atoms with E-state index in [0.29, 0.717) is 13.1 Å². The molecule has 1 aromatic rings. The van der Waals surface area contributed by atoms with Crippen molar-refractivity contribution < 1.29 is 14.0 Å². The van der Waals surface area contributed by atoms with Crippen molar-refractivity contribution in [3.63, 3.8) is 0 Å². The van der Waals surface area contributed by atoms with Gasteiger partial charge in [-0.2, -0.15) is 0 Å². The largest absolute Gasteiger partial charge is 0.403 e. The summed E-state index contributed by atoms with van der Waals surface area (Å²) in [4.78, 5) is 28.9. The van der Waals surface area contributed by atoms with Gasteiger partial charge in [0.25, 0.3) is 5.91 Å². The highest BCUT2D eigenvalue weighted by Crippen LogP contribution is 2.41. The quantitative estimate of drug-likeness (QED) is 0.498. The van der Waals surface area contributed by atoms with E-state index in [1.165, 1.54) is 4.90 Å². The zero-order valence-electron chi connectivity index (χ0n) is 16.7. The Kier molecular flexibility index (Phi) is 7.00. The lowest BCUT2D eigenvalue weighted by atomic mass is 9.91. The molecule has 0 aliphatic carbocycles. The van der Waals surface area contributed by atoms with Gasteiger partial charge in [-0.05, 0) is 37.5 Å². The van der Waals surface area contributed by atoms with Gasteiger partial charge >= 0.3 is 6.03 Å². The van der Waals surface area contributed by atoms with Gasteiger partial charge in [0.05, 0.1) is 0 Å². The van der Waals surface area contributed by atoms with E-state index in [2.05, 4.69) is 20.8 Å². The lowest BCUT2D eigenvalue weighted by Gasteiger charge is -2.49. The first-order valence-corrected chi connectivity index (χ1v) is 12.4. The van der Waals surface area contributed by atoms with Crippen LogP contribution in [0.1, 0.15) is 46.2 Å². The fraction of sp³-hybridized carbons (Fsp3) is 0.600. The van der Waals surface area contributed by atoms with E-state index < -0.39 is 14.4 Å². The van der Waals surface area contributed by atoms with E-state index in [0.717, 1.165) is 23.7 Å². The summed E-state index contributed by atoms with van der Waals surface area (Å²) < 4.78 is 6.51. The molecule has 2 unspecified atom stereocenters. The molecule has 0 bridgehead atoms. The van der Waals surface area contributed by atoms with Gasteiger partial charge in [-0.25, -0.2) is 4.79 Å². The summed E-state index contributed by atoms with van der Waals surface area (Å²) in [7, 11) is -1.95. The van der Waals surface area contributed by atoms with Crippen molar-refractivity contribution in [3.05, 3.63) is 35.9 Å². The van der Waals surface area contributed by atoms with Gasteiger partial charge in [-0.1, -0.05) is 51.1 Å². The Morgan fingerprint density at radius 1 is 1.04 bits per heavy atom. The van der Waals surface area contributed by atoms with Crippen molar-refractivity contribution in [2.24, 2.45) is 0 Å². The normalized spacial score (nSPS) is 20.0. The van der Waals surface area contributed by atoms with Crippen LogP contribution in [-0.2, 0) is 9.22 Å². The highest BCUT2D eigenvalue weighted by molar-refractivity contribution is 6.73. The molecule has 0 N–H and O–H groups in total. The second-order valence-electron chi connectivity index (χ2n) is 6.80. The Labute approximate surface area is 158 Å². The molecule has 1 aliphatic rings. The number of carbonyl (C=O) groups is 2. The molecule has 6 heteroatoms. The second-order valence-corrected chi connectivity index (χ2v) is 11.5. The number of amides is 3. The molecule has 2 rings (SSSR count). The van der Waals surface area contributed by atoms with Crippen LogP contribution in [0.5, 0.6) is 0 Å². The van der Waals surface area contributed by atoms with Gasteiger partial charge in [0.2, 0.25) is 0 Å². The summed E-state index contributed by atoms with van der Waals surface area (Å²) in [5.74, 6) is -0.192. The molecule has 1 fully saturated rings. The molecule has 3 amide bonds. The third-order valence-electron chi connectivity index (χ3n) is 5.74. The first-order valence-electron chi connectivity index (χ1n) is 9.83. The number of benzene rings is 1. The maximum atomic E-state index is 12.9. The predicted octanol–water partition coefficient (Wildman–Crippen LogP) is 4.42. The fourth-order valence-corrected chi connectivity index (χ4v) is 6.45. The Bertz CT molecular complexity index is 606. The minimum Gasteiger partial charge on any atom is -0.403 e. The van der Waals surface area contributed by atoms with Crippen molar-refractivity contribution in [2.45, 2.75) is 64.9 Å². The number of likely N-dealkylation sites (tertiary alicyclic amines) is 1. The third kappa shape index (κ3) is 3.71. The molecule has 1 aliphatic heterocycles. The zero-order valence-corrected chi connectivity index (χ0v) is 17.7. The number of imide groups is 1. The molecule has 144 valence electrons. The van der Waals surface area contributed by atoms with Crippen LogP contribution in [0.25, 0.3) is 0 Å². The van der Waals surface area contributed by atoms with Crippen LogP contribution in [-0.4, -0.2) is 49.2 Å². The Balaban J connectivity index is 2.34. The maximum absolute atomic E-state index is 12.9. The summed E-state index contributed by atoms with van der Waals surface area (Å²) in [6.45, 7) is 11.5. The summed E-state index contributed by atoms with van der Waals surface area (Å²) in [6, 6.07) is 12.2. The molecule has 1 saturated heterocycles. The Morgan fingerprint density at radius 2 is 1.58 bits per heavy atom. The van der Waals surface area contributed by atoms with Gasteiger partial charge in [0.15, 0.2) is 14.4 Å². The van der Waals surface area contributed by atoms with E-state index in [1.54, 1.807) is 4.90 Å². The van der Waals surface area contributed by atoms with Crippen LogP contribution in [0.4, 0.5) is 4.79 Å². The van der Waals surface area contributed by atoms with Crippen LogP contribution in [0, 0.1) is 0 Å². The number of hydrogen-bond acceptors (Lipinski definition) is 3. The number of β-lactam (4-membered cyclic amide) rings is 1. The van der Waals surface area contributed by atoms with Crippen molar-refractivity contribution in [3.8, 4) is 0 Å². The summed E-state index contributed by atoms with van der Waals surface area (Å²) >= 11 is 0. The van der Waals surface area contributed by atoms with E-state index in [-0.39, 0.29) is 18.0 Å². The molecule has 5 nitrogen and oxygen atoms in total. The average molecular weight is 377 g/mol. The summed E-state index contributed by atoms with van der Waals surface area (Å²) in [6.07, 6.45) is -0.538. The van der Waals surface area contributed by atoms with E-state index in [9.17, 15) is 9.59 Å². The van der Waals surface area contributed by atoms with E-state index >= 15 is 0 Å². The number of carbonyl (C=O) groups excluding carboxylic acids is 2. The maximum Gasteiger partial charge on any atom is 0.327 e. The molecule has 0 spiro atoms. The summed E-state index contributed by atoms with van der Waals surface area (Å²) in [5.41, 5.74) is 0.962. The molecular weight excluding hydrogens is 344 g/mol. The first kappa shape index (κ1) is 20.6. The lowest BCUT2D eigenvalue weighted by Crippen LogP contribution is -2.66. The minimum atomic E-state index is -1.95. The monoisotopic (exact) mass is 376 g/mol. The lowest BCUT2D eigenvalue weighted by molar-refractivity contribution is -0.159. The first-order chi connectivity index (χ1) is 12.5. The van der Waals surface area contributed by atoms with Crippen LogP contribution in [0.3, 0.4) is 0 Å². The number of nitrogens with zero attached hydrogens (tertiary/aromatic N) is 2. The topological polar surface area (TPSA) is 49.9 Å². The molecule has 26 heavy (non-hydrogen) atoms. The molecule has 0 saturated carbocycles. The van der Waals surface area contributed by atoms with Gasteiger partial charge in [0.1, 0.15) is 6.04 Å². The molecule has 2 atom stereocenters. The van der Waals surface area contributed by atoms with Crippen LogP contribution in [0.15, 0.2) is 30.3 Å². The number of rotatable bonds is 8. The van der Waals surface area contributed by atoms with Crippen LogP contribution < -0.4 is 0 Å². The van der Waals surface area contributed by atoms with Gasteiger partial charge < -0.3 is 9.33 Å². The van der Waals surface area contributed by atoms with Crippen molar-refractivity contribution >= 4 is 20.3 Å². The van der Waals surface area contributed by atoms with Crippen LogP contribution >= 0.6 is 0 Å². The van der Waals surface area contributed by atoms with Gasteiger partial charge in [-0.15, -0.1) is 0 Å². The van der Waals surface area contributed by atoms with E-state index in [1.807, 2.05) is 44.2 Å².